The van der Waals surface area contributed by atoms with Crippen LogP contribution in [-0.2, 0) is 0 Å². The van der Waals surface area contributed by atoms with Crippen molar-refractivity contribution in [2.75, 3.05) is 13.1 Å². The molecule has 2 rings (SSSR count). The first-order valence-corrected chi connectivity index (χ1v) is 6.55. The largest absolute Gasteiger partial charge is 0.388 e. The maximum atomic E-state index is 12.4. The number of β-amino-alcohol motifs (C(OH)–C–C–N with tert-alkyl or cyclic N) is 1. The predicted molar refractivity (Wildman–Crippen MR) is 72.0 cm³/mol. The summed E-state index contributed by atoms with van der Waals surface area (Å²) < 4.78 is 0. The van der Waals surface area contributed by atoms with E-state index in [1.807, 2.05) is 6.92 Å². The highest BCUT2D eigenvalue weighted by atomic mass is 35.5. The van der Waals surface area contributed by atoms with Crippen molar-refractivity contribution in [3.8, 4) is 0 Å². The van der Waals surface area contributed by atoms with Crippen molar-refractivity contribution in [1.29, 1.82) is 0 Å². The third-order valence-electron chi connectivity index (χ3n) is 3.38. The number of hydrogen-bond donors (Lipinski definition) is 1. The number of benzene rings is 1. The predicted octanol–water partition coefficient (Wildman–Crippen LogP) is 2.64. The van der Waals surface area contributed by atoms with Crippen LogP contribution in [-0.4, -0.2) is 34.6 Å². The smallest absolute Gasteiger partial charge is 0.254 e. The number of amides is 1. The molecule has 1 aliphatic rings. The fraction of sp³-hybridized carbons (Fsp3) is 0.500. The quantitative estimate of drug-likeness (QED) is 0.850. The lowest BCUT2D eigenvalue weighted by Crippen LogP contribution is -2.48. The maximum Gasteiger partial charge on any atom is 0.254 e. The maximum absolute atomic E-state index is 12.4. The Morgan fingerprint density at radius 1 is 1.50 bits per heavy atom. The molecule has 1 N–H and O–H groups in total. The summed E-state index contributed by atoms with van der Waals surface area (Å²) in [6, 6.07) is 5.27. The highest BCUT2D eigenvalue weighted by Gasteiger charge is 2.31. The van der Waals surface area contributed by atoms with Crippen LogP contribution >= 0.6 is 11.6 Å². The molecule has 1 aromatic carbocycles. The van der Waals surface area contributed by atoms with Crippen LogP contribution in [0.25, 0.3) is 0 Å². The van der Waals surface area contributed by atoms with Crippen LogP contribution in [0, 0.1) is 6.92 Å². The minimum absolute atomic E-state index is 0.0239. The van der Waals surface area contributed by atoms with E-state index in [4.69, 9.17) is 11.6 Å². The average Bonchev–Trinajstić information content (AvgIpc) is 2.27. The van der Waals surface area contributed by atoms with E-state index in [0.717, 1.165) is 18.4 Å². The Labute approximate surface area is 112 Å². The van der Waals surface area contributed by atoms with Crippen LogP contribution in [0.3, 0.4) is 0 Å². The van der Waals surface area contributed by atoms with Gasteiger partial charge in [0.1, 0.15) is 0 Å². The van der Waals surface area contributed by atoms with Gasteiger partial charge in [0.05, 0.1) is 5.60 Å². The Hall–Kier alpha value is -1.06. The van der Waals surface area contributed by atoms with Crippen molar-refractivity contribution in [1.82, 2.24) is 4.90 Å². The summed E-state index contributed by atoms with van der Waals surface area (Å²) in [4.78, 5) is 14.1. The van der Waals surface area contributed by atoms with Crippen LogP contribution in [0.5, 0.6) is 0 Å². The molecule has 1 unspecified atom stereocenters. The molecule has 1 aromatic rings. The van der Waals surface area contributed by atoms with E-state index in [1.54, 1.807) is 30.0 Å². The fourth-order valence-electron chi connectivity index (χ4n) is 2.43. The standard InChI is InChI=1S/C14H18ClNO2/c1-10-8-11(15)4-5-12(10)13(17)16-7-3-6-14(2,18)9-16/h4-5,8,18H,3,6-7,9H2,1-2H3. The van der Waals surface area contributed by atoms with Gasteiger partial charge in [-0.25, -0.2) is 0 Å². The van der Waals surface area contributed by atoms with E-state index in [1.165, 1.54) is 0 Å². The fourth-order valence-corrected chi connectivity index (χ4v) is 2.66. The molecule has 4 heteroatoms. The molecule has 1 amide bonds. The van der Waals surface area contributed by atoms with Gasteiger partial charge in [0, 0.05) is 23.7 Å². The first kappa shape index (κ1) is 13.4. The molecule has 1 fully saturated rings. The Balaban J connectivity index is 2.20. The highest BCUT2D eigenvalue weighted by molar-refractivity contribution is 6.30. The molecule has 0 aromatic heterocycles. The number of carbonyl (C=O) groups excluding carboxylic acids is 1. The number of rotatable bonds is 1. The normalized spacial score (nSPS) is 24.1. The molecule has 0 aliphatic carbocycles. The number of piperidine rings is 1. The second kappa shape index (κ2) is 4.90. The minimum atomic E-state index is -0.770. The van der Waals surface area contributed by atoms with E-state index in [9.17, 15) is 9.90 Å². The first-order valence-electron chi connectivity index (χ1n) is 6.17. The zero-order chi connectivity index (χ0) is 13.3. The summed E-state index contributed by atoms with van der Waals surface area (Å²) >= 11 is 5.89. The summed E-state index contributed by atoms with van der Waals surface area (Å²) in [5.41, 5.74) is 0.767. The van der Waals surface area contributed by atoms with E-state index < -0.39 is 5.60 Å². The zero-order valence-electron chi connectivity index (χ0n) is 10.7. The minimum Gasteiger partial charge on any atom is -0.388 e. The van der Waals surface area contributed by atoms with Crippen molar-refractivity contribution >= 4 is 17.5 Å². The average molecular weight is 268 g/mol. The van der Waals surface area contributed by atoms with Gasteiger partial charge < -0.3 is 10.0 Å². The van der Waals surface area contributed by atoms with Crippen LogP contribution in [0.4, 0.5) is 0 Å². The molecule has 1 heterocycles. The number of aliphatic hydroxyl groups is 1. The Morgan fingerprint density at radius 3 is 2.83 bits per heavy atom. The van der Waals surface area contributed by atoms with E-state index in [2.05, 4.69) is 0 Å². The number of aryl methyl sites for hydroxylation is 1. The molecule has 0 saturated carbocycles. The molecule has 1 saturated heterocycles. The van der Waals surface area contributed by atoms with E-state index >= 15 is 0 Å². The van der Waals surface area contributed by atoms with E-state index in [-0.39, 0.29) is 5.91 Å². The summed E-state index contributed by atoms with van der Waals surface area (Å²) in [5.74, 6) is -0.0239. The molecule has 0 radical (unpaired) electrons. The number of carbonyl (C=O) groups is 1. The Kier molecular flexibility index (Phi) is 3.64. The SMILES string of the molecule is Cc1cc(Cl)ccc1C(=O)N1CCCC(C)(O)C1. The molecule has 0 bridgehead atoms. The lowest BCUT2D eigenvalue weighted by molar-refractivity contribution is -0.0107. The van der Waals surface area contributed by atoms with Crippen LogP contribution in [0.1, 0.15) is 35.7 Å². The van der Waals surface area contributed by atoms with Gasteiger partial charge in [0.25, 0.3) is 5.91 Å². The van der Waals surface area contributed by atoms with Crippen LogP contribution in [0.2, 0.25) is 5.02 Å². The number of halogens is 1. The van der Waals surface area contributed by atoms with Gasteiger partial charge in [-0.15, -0.1) is 0 Å². The second-order valence-corrected chi connectivity index (χ2v) is 5.72. The highest BCUT2D eigenvalue weighted by Crippen LogP contribution is 2.23. The summed E-state index contributed by atoms with van der Waals surface area (Å²) in [7, 11) is 0. The molecular formula is C14H18ClNO2. The monoisotopic (exact) mass is 267 g/mol. The van der Waals surface area contributed by atoms with Gasteiger partial charge in [-0.1, -0.05) is 11.6 Å². The van der Waals surface area contributed by atoms with Gasteiger partial charge in [0.2, 0.25) is 0 Å². The second-order valence-electron chi connectivity index (χ2n) is 5.29. The number of hydrogen-bond acceptors (Lipinski definition) is 2. The molecular weight excluding hydrogens is 250 g/mol. The lowest BCUT2D eigenvalue weighted by Gasteiger charge is -2.37. The molecule has 0 spiro atoms. The molecule has 98 valence electrons. The third-order valence-corrected chi connectivity index (χ3v) is 3.62. The molecule has 1 atom stereocenters. The molecule has 1 aliphatic heterocycles. The van der Waals surface area contributed by atoms with Gasteiger partial charge in [-0.05, 0) is 50.5 Å². The van der Waals surface area contributed by atoms with Crippen LogP contribution in [0.15, 0.2) is 18.2 Å². The van der Waals surface area contributed by atoms with Gasteiger partial charge in [-0.2, -0.15) is 0 Å². The first-order chi connectivity index (χ1) is 8.39. The van der Waals surface area contributed by atoms with Crippen molar-refractivity contribution in [2.45, 2.75) is 32.3 Å². The Morgan fingerprint density at radius 2 is 2.22 bits per heavy atom. The van der Waals surface area contributed by atoms with Crippen LogP contribution < -0.4 is 0 Å². The number of likely N-dealkylation sites (tertiary alicyclic amines) is 1. The summed E-state index contributed by atoms with van der Waals surface area (Å²) in [5, 5.41) is 10.7. The number of nitrogens with zero attached hydrogens (tertiary/aromatic N) is 1. The molecule has 18 heavy (non-hydrogen) atoms. The topological polar surface area (TPSA) is 40.5 Å². The van der Waals surface area contributed by atoms with Gasteiger partial charge >= 0.3 is 0 Å². The van der Waals surface area contributed by atoms with Crippen molar-refractivity contribution in [3.05, 3.63) is 34.3 Å². The summed E-state index contributed by atoms with van der Waals surface area (Å²) in [6.45, 7) is 4.76. The zero-order valence-corrected chi connectivity index (χ0v) is 11.5. The van der Waals surface area contributed by atoms with Gasteiger partial charge in [0.15, 0.2) is 0 Å². The van der Waals surface area contributed by atoms with Gasteiger partial charge in [-0.3, -0.25) is 4.79 Å². The lowest BCUT2D eigenvalue weighted by atomic mass is 9.94. The Bertz CT molecular complexity index is 471. The summed E-state index contributed by atoms with van der Waals surface area (Å²) in [6.07, 6.45) is 1.59. The molecule has 3 nitrogen and oxygen atoms in total. The third kappa shape index (κ3) is 2.85. The van der Waals surface area contributed by atoms with Crippen molar-refractivity contribution < 1.29 is 9.90 Å². The van der Waals surface area contributed by atoms with Crippen molar-refractivity contribution in [3.63, 3.8) is 0 Å². The van der Waals surface area contributed by atoms with Crippen molar-refractivity contribution in [2.24, 2.45) is 0 Å². The van der Waals surface area contributed by atoms with E-state index in [0.29, 0.717) is 23.7 Å².